The second kappa shape index (κ2) is 5.46. The Morgan fingerprint density at radius 3 is 2.85 bits per heavy atom. The van der Waals surface area contributed by atoms with Gasteiger partial charge < -0.3 is 0 Å². The number of rotatable bonds is 3. The molecule has 0 radical (unpaired) electrons. The van der Waals surface area contributed by atoms with Crippen LogP contribution in [0.4, 0.5) is 8.78 Å². The van der Waals surface area contributed by atoms with Gasteiger partial charge in [-0.1, -0.05) is 0 Å². The molecule has 0 aromatic carbocycles. The zero-order chi connectivity index (χ0) is 14.9. The quantitative estimate of drug-likeness (QED) is 0.862. The first-order valence-corrected chi connectivity index (χ1v) is 6.94. The summed E-state index contributed by atoms with van der Waals surface area (Å²) in [6.45, 7) is 2.71. The van der Waals surface area contributed by atoms with E-state index in [0.717, 1.165) is 9.94 Å². The van der Waals surface area contributed by atoms with Crippen molar-refractivity contribution in [3.63, 3.8) is 0 Å². The third-order valence-electron chi connectivity index (χ3n) is 3.27. The Morgan fingerprint density at radius 1 is 1.60 bits per heavy atom. The summed E-state index contributed by atoms with van der Waals surface area (Å²) in [6.07, 6.45) is -2.23. The summed E-state index contributed by atoms with van der Waals surface area (Å²) in [5.74, 6) is -0.734. The summed E-state index contributed by atoms with van der Waals surface area (Å²) in [5, 5.41) is 9.86. The first-order valence-electron chi connectivity index (χ1n) is 6.12. The number of amides is 1. The second-order valence-electron chi connectivity index (χ2n) is 5.10. The third-order valence-corrected chi connectivity index (χ3v) is 4.36. The van der Waals surface area contributed by atoms with Crippen molar-refractivity contribution >= 4 is 17.2 Å². The molecular weight excluding hydrogens is 286 g/mol. The highest BCUT2D eigenvalue weighted by Gasteiger charge is 2.45. The molecule has 1 amide bonds. The lowest BCUT2D eigenvalue weighted by atomic mass is 9.92. The van der Waals surface area contributed by atoms with E-state index in [0.29, 0.717) is 17.9 Å². The average molecular weight is 300 g/mol. The van der Waals surface area contributed by atoms with Crippen LogP contribution in [0.5, 0.6) is 0 Å². The maximum Gasteiger partial charge on any atom is 0.258 e. The van der Waals surface area contributed by atoms with E-state index in [1.807, 2.05) is 6.07 Å². The number of nitriles is 1. The standard InChI is InChI=1S/C13H14F2N2O2S/c1-13(2,11(14)15)12(18)17-9(5-6-19-17)10-4-3-8(7-16)20-10/h3-4,9,11H,5-6H2,1-2H3/t9-/m0/s1. The molecular formula is C13H14F2N2O2S. The number of thiophene rings is 1. The summed E-state index contributed by atoms with van der Waals surface area (Å²) in [6, 6.07) is 5.01. The van der Waals surface area contributed by atoms with Crippen LogP contribution in [0.15, 0.2) is 12.1 Å². The molecule has 4 nitrogen and oxygen atoms in total. The molecule has 1 aliphatic heterocycles. The second-order valence-corrected chi connectivity index (χ2v) is 6.22. The fourth-order valence-electron chi connectivity index (χ4n) is 1.90. The average Bonchev–Trinajstić information content (AvgIpc) is 3.05. The van der Waals surface area contributed by atoms with Crippen LogP contribution >= 0.6 is 11.3 Å². The zero-order valence-corrected chi connectivity index (χ0v) is 11.9. The number of hydrogen-bond donors (Lipinski definition) is 0. The molecule has 0 N–H and O–H groups in total. The van der Waals surface area contributed by atoms with E-state index in [-0.39, 0.29) is 0 Å². The minimum Gasteiger partial charge on any atom is -0.272 e. The summed E-state index contributed by atoms with van der Waals surface area (Å²) in [4.78, 5) is 18.8. The van der Waals surface area contributed by atoms with Crippen LogP contribution in [0.25, 0.3) is 0 Å². The first kappa shape index (κ1) is 14.9. The first-order chi connectivity index (χ1) is 9.37. The molecule has 0 spiro atoms. The van der Waals surface area contributed by atoms with Gasteiger partial charge in [0, 0.05) is 11.3 Å². The van der Waals surface area contributed by atoms with Crippen LogP contribution in [0, 0.1) is 16.7 Å². The number of carbonyl (C=O) groups is 1. The molecule has 1 aromatic rings. The fourth-order valence-corrected chi connectivity index (χ4v) is 2.82. The monoisotopic (exact) mass is 300 g/mol. The van der Waals surface area contributed by atoms with E-state index < -0.39 is 23.8 Å². The maximum absolute atomic E-state index is 13.0. The van der Waals surface area contributed by atoms with Gasteiger partial charge >= 0.3 is 0 Å². The lowest BCUT2D eigenvalue weighted by Gasteiger charge is -2.30. The summed E-state index contributed by atoms with van der Waals surface area (Å²) < 4.78 is 25.9. The molecule has 1 saturated heterocycles. The normalized spacial score (nSPS) is 19.4. The molecule has 1 atom stereocenters. The molecule has 1 aromatic heterocycles. The van der Waals surface area contributed by atoms with Crippen molar-refractivity contribution in [2.45, 2.75) is 32.7 Å². The van der Waals surface area contributed by atoms with Gasteiger partial charge in [-0.15, -0.1) is 11.3 Å². The predicted octanol–water partition coefficient (Wildman–Crippen LogP) is 3.12. The molecule has 0 aliphatic carbocycles. The van der Waals surface area contributed by atoms with Crippen LogP contribution in [0.2, 0.25) is 0 Å². The van der Waals surface area contributed by atoms with E-state index in [1.165, 1.54) is 25.2 Å². The van der Waals surface area contributed by atoms with Gasteiger partial charge in [0.05, 0.1) is 12.6 Å². The van der Waals surface area contributed by atoms with Crippen LogP contribution in [-0.4, -0.2) is 24.0 Å². The highest BCUT2D eigenvalue weighted by molar-refractivity contribution is 7.12. The van der Waals surface area contributed by atoms with E-state index in [2.05, 4.69) is 0 Å². The third kappa shape index (κ3) is 2.53. The topological polar surface area (TPSA) is 53.3 Å². The highest BCUT2D eigenvalue weighted by Crippen LogP contribution is 2.38. The maximum atomic E-state index is 13.0. The largest absolute Gasteiger partial charge is 0.272 e. The Morgan fingerprint density at radius 2 is 2.30 bits per heavy atom. The molecule has 1 aliphatic rings. The Hall–Kier alpha value is -1.52. The van der Waals surface area contributed by atoms with Gasteiger partial charge in [0.25, 0.3) is 12.3 Å². The van der Waals surface area contributed by atoms with Crippen molar-refractivity contribution in [3.05, 3.63) is 21.9 Å². The molecule has 0 bridgehead atoms. The number of alkyl halides is 2. The SMILES string of the molecule is CC(C)(C(=O)N1OCC[C@H]1c1ccc(C#N)s1)C(F)F. The number of carbonyl (C=O) groups excluding carboxylic acids is 1. The van der Waals surface area contributed by atoms with Crippen molar-refractivity contribution in [2.24, 2.45) is 5.41 Å². The van der Waals surface area contributed by atoms with E-state index >= 15 is 0 Å². The number of hydroxylamine groups is 2. The van der Waals surface area contributed by atoms with Crippen LogP contribution < -0.4 is 0 Å². The molecule has 2 heterocycles. The van der Waals surface area contributed by atoms with Crippen molar-refractivity contribution in [3.8, 4) is 6.07 Å². The smallest absolute Gasteiger partial charge is 0.258 e. The number of hydrogen-bond acceptors (Lipinski definition) is 4. The lowest BCUT2D eigenvalue weighted by Crippen LogP contribution is -2.43. The minimum absolute atomic E-state index is 0.301. The summed E-state index contributed by atoms with van der Waals surface area (Å²) in [5.41, 5.74) is -1.79. The summed E-state index contributed by atoms with van der Waals surface area (Å²) >= 11 is 1.25. The lowest BCUT2D eigenvalue weighted by molar-refractivity contribution is -0.194. The molecule has 0 saturated carbocycles. The van der Waals surface area contributed by atoms with Gasteiger partial charge in [0.2, 0.25) is 0 Å². The Labute approximate surface area is 119 Å². The van der Waals surface area contributed by atoms with Crippen LogP contribution in [-0.2, 0) is 9.63 Å². The Kier molecular flexibility index (Phi) is 4.06. The van der Waals surface area contributed by atoms with E-state index in [9.17, 15) is 13.6 Å². The van der Waals surface area contributed by atoms with Crippen LogP contribution in [0.1, 0.15) is 36.1 Å². The number of nitrogens with zero attached hydrogens (tertiary/aromatic N) is 2. The van der Waals surface area contributed by atoms with Crippen molar-refractivity contribution in [2.75, 3.05) is 6.61 Å². The molecule has 0 unspecified atom stereocenters. The number of halogens is 2. The van der Waals surface area contributed by atoms with Gasteiger partial charge in [0.15, 0.2) is 0 Å². The van der Waals surface area contributed by atoms with Crippen molar-refractivity contribution in [1.29, 1.82) is 5.26 Å². The van der Waals surface area contributed by atoms with Gasteiger partial charge in [-0.2, -0.15) is 5.26 Å². The molecule has 7 heteroatoms. The van der Waals surface area contributed by atoms with Gasteiger partial charge in [0.1, 0.15) is 16.4 Å². The Bertz CT molecular complexity index is 551. The van der Waals surface area contributed by atoms with Crippen molar-refractivity contribution < 1.29 is 18.4 Å². The predicted molar refractivity (Wildman–Crippen MR) is 69.0 cm³/mol. The van der Waals surface area contributed by atoms with Crippen LogP contribution in [0.3, 0.4) is 0 Å². The molecule has 1 fully saturated rings. The fraction of sp³-hybridized carbons (Fsp3) is 0.538. The minimum atomic E-state index is -2.77. The molecule has 108 valence electrons. The van der Waals surface area contributed by atoms with Gasteiger partial charge in [-0.3, -0.25) is 9.63 Å². The Balaban J connectivity index is 2.24. The van der Waals surface area contributed by atoms with Gasteiger partial charge in [-0.25, -0.2) is 13.8 Å². The van der Waals surface area contributed by atoms with Gasteiger partial charge in [-0.05, 0) is 26.0 Å². The van der Waals surface area contributed by atoms with E-state index in [1.54, 1.807) is 12.1 Å². The molecule has 2 rings (SSSR count). The zero-order valence-electron chi connectivity index (χ0n) is 11.1. The van der Waals surface area contributed by atoms with E-state index in [4.69, 9.17) is 10.1 Å². The summed E-state index contributed by atoms with van der Waals surface area (Å²) in [7, 11) is 0. The molecule has 20 heavy (non-hydrogen) atoms. The van der Waals surface area contributed by atoms with Crippen molar-refractivity contribution in [1.82, 2.24) is 5.06 Å². The highest BCUT2D eigenvalue weighted by atomic mass is 32.1.